The van der Waals surface area contributed by atoms with Gasteiger partial charge in [-0.15, -0.1) is 0 Å². The molecule has 5 rings (SSSR count). The lowest BCUT2D eigenvalue weighted by Gasteiger charge is -2.16. The standard InChI is InChI=1S/C31H22F3NO3/c1-37-23-15-13-20(14-16-23)19-38-24-10-5-9-22(17-24)28-25-11-6-12-27(31(32,33)34)29(25)35-18-26(28)30(36)21-7-3-2-4-8-21/h2-18H,19H2,1H3. The van der Waals surface area contributed by atoms with E-state index in [0.717, 1.165) is 17.4 Å². The van der Waals surface area contributed by atoms with Crippen LogP contribution in [-0.2, 0) is 12.8 Å². The lowest BCUT2D eigenvalue weighted by Crippen LogP contribution is -2.09. The first-order valence-corrected chi connectivity index (χ1v) is 11.8. The van der Waals surface area contributed by atoms with Crippen LogP contribution in [-0.4, -0.2) is 17.9 Å². The van der Waals surface area contributed by atoms with Crippen LogP contribution in [0.5, 0.6) is 11.5 Å². The molecule has 1 heterocycles. The Morgan fingerprint density at radius 2 is 1.58 bits per heavy atom. The molecule has 0 N–H and O–H groups in total. The molecular weight excluding hydrogens is 491 g/mol. The number of hydrogen-bond donors (Lipinski definition) is 0. The fraction of sp³-hybridized carbons (Fsp3) is 0.0968. The molecule has 0 aliphatic rings. The number of methoxy groups -OCH3 is 1. The van der Waals surface area contributed by atoms with Crippen molar-refractivity contribution in [1.29, 1.82) is 0 Å². The molecular formula is C31H22F3NO3. The van der Waals surface area contributed by atoms with Gasteiger partial charge in [-0.3, -0.25) is 9.78 Å². The Labute approximate surface area is 217 Å². The summed E-state index contributed by atoms with van der Waals surface area (Å²) >= 11 is 0. The number of halogens is 3. The van der Waals surface area contributed by atoms with E-state index in [4.69, 9.17) is 9.47 Å². The number of rotatable bonds is 7. The zero-order valence-electron chi connectivity index (χ0n) is 20.3. The monoisotopic (exact) mass is 513 g/mol. The largest absolute Gasteiger partial charge is 0.497 e. The van der Waals surface area contributed by atoms with E-state index in [9.17, 15) is 18.0 Å². The number of ether oxygens (including phenoxy) is 2. The number of hydrogen-bond acceptors (Lipinski definition) is 4. The predicted molar refractivity (Wildman–Crippen MR) is 139 cm³/mol. The maximum Gasteiger partial charge on any atom is 0.418 e. The second kappa shape index (κ2) is 10.4. The molecule has 5 aromatic rings. The van der Waals surface area contributed by atoms with Gasteiger partial charge in [0, 0.05) is 28.3 Å². The number of pyridine rings is 1. The highest BCUT2D eigenvalue weighted by atomic mass is 19.4. The smallest absolute Gasteiger partial charge is 0.418 e. The van der Waals surface area contributed by atoms with E-state index in [2.05, 4.69) is 4.98 Å². The molecule has 0 unspecified atom stereocenters. The molecule has 0 radical (unpaired) electrons. The molecule has 0 saturated carbocycles. The molecule has 0 atom stereocenters. The van der Waals surface area contributed by atoms with E-state index in [1.807, 2.05) is 24.3 Å². The van der Waals surface area contributed by atoms with Crippen molar-refractivity contribution in [3.63, 3.8) is 0 Å². The van der Waals surface area contributed by atoms with Gasteiger partial charge in [0.2, 0.25) is 0 Å². The summed E-state index contributed by atoms with van der Waals surface area (Å²) in [4.78, 5) is 17.6. The number of benzene rings is 4. The van der Waals surface area contributed by atoms with Crippen LogP contribution in [0.2, 0.25) is 0 Å². The summed E-state index contributed by atoms with van der Waals surface area (Å²) in [7, 11) is 1.59. The van der Waals surface area contributed by atoms with Gasteiger partial charge in [0.1, 0.15) is 18.1 Å². The summed E-state index contributed by atoms with van der Waals surface area (Å²) < 4.78 is 52.6. The van der Waals surface area contributed by atoms with Crippen LogP contribution in [0.4, 0.5) is 13.2 Å². The molecule has 0 spiro atoms. The Morgan fingerprint density at radius 3 is 2.29 bits per heavy atom. The highest BCUT2D eigenvalue weighted by molar-refractivity contribution is 6.16. The Morgan fingerprint density at radius 1 is 0.842 bits per heavy atom. The van der Waals surface area contributed by atoms with E-state index >= 15 is 0 Å². The van der Waals surface area contributed by atoms with Gasteiger partial charge in [-0.05, 0) is 41.5 Å². The molecule has 1 aromatic heterocycles. The lowest BCUT2D eigenvalue weighted by atomic mass is 9.91. The highest BCUT2D eigenvalue weighted by Gasteiger charge is 2.34. The molecule has 4 nitrogen and oxygen atoms in total. The van der Waals surface area contributed by atoms with Gasteiger partial charge in [0.25, 0.3) is 0 Å². The Balaban J connectivity index is 1.61. The van der Waals surface area contributed by atoms with Crippen LogP contribution < -0.4 is 9.47 Å². The topological polar surface area (TPSA) is 48.4 Å². The quantitative estimate of drug-likeness (QED) is 0.209. The molecule has 0 fully saturated rings. The number of carbonyl (C=O) groups is 1. The third-order valence-corrected chi connectivity index (χ3v) is 6.17. The first-order chi connectivity index (χ1) is 18.3. The highest BCUT2D eigenvalue weighted by Crippen LogP contribution is 2.39. The maximum absolute atomic E-state index is 13.8. The average molecular weight is 514 g/mol. The van der Waals surface area contributed by atoms with E-state index in [0.29, 0.717) is 22.4 Å². The minimum Gasteiger partial charge on any atom is -0.497 e. The van der Waals surface area contributed by atoms with Crippen LogP contribution in [0.15, 0.2) is 103 Å². The molecule has 0 saturated heterocycles. The van der Waals surface area contributed by atoms with Crippen LogP contribution >= 0.6 is 0 Å². The van der Waals surface area contributed by atoms with E-state index < -0.39 is 11.7 Å². The Kier molecular flexibility index (Phi) is 6.83. The van der Waals surface area contributed by atoms with Crippen LogP contribution in [0.3, 0.4) is 0 Å². The summed E-state index contributed by atoms with van der Waals surface area (Å²) in [6, 6.07) is 26.9. The van der Waals surface area contributed by atoms with Crippen molar-refractivity contribution in [3.8, 4) is 22.6 Å². The number of ketones is 1. The second-order valence-corrected chi connectivity index (χ2v) is 8.61. The molecule has 4 aromatic carbocycles. The van der Waals surface area contributed by atoms with Crippen molar-refractivity contribution in [2.45, 2.75) is 12.8 Å². The fourth-order valence-corrected chi connectivity index (χ4v) is 4.31. The van der Waals surface area contributed by atoms with Gasteiger partial charge in [-0.1, -0.05) is 66.7 Å². The third kappa shape index (κ3) is 5.09. The molecule has 0 bridgehead atoms. The summed E-state index contributed by atoms with van der Waals surface area (Å²) in [5, 5.41) is 0.230. The zero-order chi connectivity index (χ0) is 26.7. The zero-order valence-corrected chi connectivity index (χ0v) is 20.3. The summed E-state index contributed by atoms with van der Waals surface area (Å²) in [5.41, 5.74) is 1.36. The average Bonchev–Trinajstić information content (AvgIpc) is 2.95. The summed E-state index contributed by atoms with van der Waals surface area (Å²) in [6.07, 6.45) is -3.37. The van der Waals surface area contributed by atoms with Crippen molar-refractivity contribution in [2.24, 2.45) is 0 Å². The Bertz CT molecular complexity index is 1600. The normalized spacial score (nSPS) is 11.4. The molecule has 0 aliphatic carbocycles. The van der Waals surface area contributed by atoms with Crippen molar-refractivity contribution in [1.82, 2.24) is 4.98 Å². The van der Waals surface area contributed by atoms with Crippen LogP contribution in [0, 0.1) is 0 Å². The van der Waals surface area contributed by atoms with E-state index in [-0.39, 0.29) is 28.9 Å². The molecule has 0 aliphatic heterocycles. The maximum atomic E-state index is 13.8. The van der Waals surface area contributed by atoms with Crippen LogP contribution in [0.25, 0.3) is 22.0 Å². The van der Waals surface area contributed by atoms with Crippen molar-refractivity contribution >= 4 is 16.7 Å². The third-order valence-electron chi connectivity index (χ3n) is 6.17. The number of para-hydroxylation sites is 1. The summed E-state index contributed by atoms with van der Waals surface area (Å²) in [5.74, 6) is 0.902. The second-order valence-electron chi connectivity index (χ2n) is 8.61. The number of alkyl halides is 3. The minimum atomic E-state index is -4.60. The summed E-state index contributed by atoms with van der Waals surface area (Å²) in [6.45, 7) is 0.276. The first kappa shape index (κ1) is 25.0. The minimum absolute atomic E-state index is 0.204. The van der Waals surface area contributed by atoms with Gasteiger partial charge in [0.05, 0.1) is 18.2 Å². The van der Waals surface area contributed by atoms with E-state index in [1.165, 1.54) is 12.3 Å². The number of carbonyl (C=O) groups excluding carboxylic acids is 1. The van der Waals surface area contributed by atoms with Gasteiger partial charge >= 0.3 is 6.18 Å². The Hall–Kier alpha value is -4.65. The van der Waals surface area contributed by atoms with Gasteiger partial charge in [-0.2, -0.15) is 13.2 Å². The number of aromatic nitrogens is 1. The molecule has 190 valence electrons. The molecule has 38 heavy (non-hydrogen) atoms. The van der Waals surface area contributed by atoms with Gasteiger partial charge in [-0.25, -0.2) is 0 Å². The molecule has 0 amide bonds. The fourth-order valence-electron chi connectivity index (χ4n) is 4.31. The number of fused-ring (bicyclic) bond motifs is 1. The number of nitrogens with zero attached hydrogens (tertiary/aromatic N) is 1. The lowest BCUT2D eigenvalue weighted by molar-refractivity contribution is -0.136. The van der Waals surface area contributed by atoms with Crippen molar-refractivity contribution in [3.05, 3.63) is 126 Å². The van der Waals surface area contributed by atoms with Crippen molar-refractivity contribution in [2.75, 3.05) is 7.11 Å². The van der Waals surface area contributed by atoms with Crippen LogP contribution in [0.1, 0.15) is 27.0 Å². The van der Waals surface area contributed by atoms with Gasteiger partial charge < -0.3 is 9.47 Å². The van der Waals surface area contributed by atoms with Crippen molar-refractivity contribution < 1.29 is 27.4 Å². The molecule has 7 heteroatoms. The first-order valence-electron chi connectivity index (χ1n) is 11.8. The predicted octanol–water partition coefficient (Wildman–Crippen LogP) is 7.74. The van der Waals surface area contributed by atoms with Gasteiger partial charge in [0.15, 0.2) is 5.78 Å². The van der Waals surface area contributed by atoms with E-state index in [1.54, 1.807) is 67.8 Å². The SMILES string of the molecule is COc1ccc(COc2cccc(-c3c(C(=O)c4ccccc4)cnc4c(C(F)(F)F)cccc34)c2)cc1.